The Hall–Kier alpha value is -2.80. The summed E-state index contributed by atoms with van der Waals surface area (Å²) in [7, 11) is 0. The van der Waals surface area contributed by atoms with Gasteiger partial charge < -0.3 is 19.5 Å². The van der Waals surface area contributed by atoms with Gasteiger partial charge in [0, 0.05) is 17.8 Å². The number of piperidine rings is 1. The van der Waals surface area contributed by atoms with Crippen molar-refractivity contribution >= 4 is 46.5 Å². The van der Waals surface area contributed by atoms with Gasteiger partial charge in [-0.15, -0.1) is 0 Å². The fraction of sp³-hybridized carbons (Fsp3) is 0.417. The topological polar surface area (TPSA) is 77.7 Å². The number of ether oxygens (including phenoxy) is 1. The maximum atomic E-state index is 13.0. The molecule has 0 saturated carbocycles. The molecule has 2 amide bonds. The van der Waals surface area contributed by atoms with Crippen molar-refractivity contribution in [3.63, 3.8) is 0 Å². The van der Waals surface area contributed by atoms with E-state index in [-0.39, 0.29) is 18.0 Å². The lowest BCUT2D eigenvalue weighted by Gasteiger charge is -2.38. The molecule has 2 aromatic rings. The molecule has 174 valence electrons. The number of H-pyrrole nitrogens is 1. The van der Waals surface area contributed by atoms with Crippen molar-refractivity contribution in [2.45, 2.75) is 58.2 Å². The summed E-state index contributed by atoms with van der Waals surface area (Å²) in [5.41, 5.74) is 2.55. The first-order chi connectivity index (χ1) is 15.7. The molecule has 9 heteroatoms. The number of rotatable bonds is 3. The minimum Gasteiger partial charge on any atom is -0.444 e. The molecule has 2 aliphatic rings. The number of thiocarbonyl (C=S) groups is 1. The first-order valence-electron chi connectivity index (χ1n) is 11.0. The molecule has 33 heavy (non-hydrogen) atoms. The number of aromatic amines is 1. The van der Waals surface area contributed by atoms with E-state index >= 15 is 0 Å². The normalized spacial score (nSPS) is 18.5. The molecular formula is C24H27ClN4O3S. The predicted octanol–water partition coefficient (Wildman–Crippen LogP) is 5.32. The molecule has 1 unspecified atom stereocenters. The third-order valence-electron chi connectivity index (χ3n) is 5.77. The zero-order valence-electron chi connectivity index (χ0n) is 18.9. The highest BCUT2D eigenvalue weighted by Gasteiger charge is 2.34. The van der Waals surface area contributed by atoms with Gasteiger partial charge in [-0.3, -0.25) is 10.1 Å². The van der Waals surface area contributed by atoms with E-state index in [0.29, 0.717) is 29.6 Å². The Morgan fingerprint density at radius 1 is 1.30 bits per heavy atom. The minimum absolute atomic E-state index is 0.160. The monoisotopic (exact) mass is 486 g/mol. The highest BCUT2D eigenvalue weighted by atomic mass is 35.5. The summed E-state index contributed by atoms with van der Waals surface area (Å²) in [6.45, 7) is 6.65. The lowest BCUT2D eigenvalue weighted by Crippen LogP contribution is -2.43. The molecule has 1 saturated heterocycles. The number of nitrogens with zero attached hydrogens (tertiary/aromatic N) is 2. The van der Waals surface area contributed by atoms with Gasteiger partial charge in [0.2, 0.25) is 0 Å². The van der Waals surface area contributed by atoms with Gasteiger partial charge in [-0.2, -0.15) is 0 Å². The highest BCUT2D eigenvalue weighted by Crippen LogP contribution is 2.37. The van der Waals surface area contributed by atoms with Crippen molar-refractivity contribution < 1.29 is 14.3 Å². The van der Waals surface area contributed by atoms with E-state index in [1.807, 2.05) is 49.9 Å². The number of halogens is 1. The maximum absolute atomic E-state index is 13.0. The Kier molecular flexibility index (Phi) is 6.52. The number of carbonyl (C=O) groups is 2. The Morgan fingerprint density at radius 2 is 2.09 bits per heavy atom. The summed E-state index contributed by atoms with van der Waals surface area (Å²) < 4.78 is 5.70. The highest BCUT2D eigenvalue weighted by molar-refractivity contribution is 7.78. The van der Waals surface area contributed by atoms with Gasteiger partial charge >= 0.3 is 6.09 Å². The number of aromatic nitrogens is 1. The van der Waals surface area contributed by atoms with E-state index in [1.54, 1.807) is 11.1 Å². The molecule has 1 aromatic heterocycles. The van der Waals surface area contributed by atoms with E-state index in [9.17, 15) is 9.59 Å². The van der Waals surface area contributed by atoms with Crippen LogP contribution < -0.4 is 10.2 Å². The van der Waals surface area contributed by atoms with Crippen LogP contribution in [-0.4, -0.2) is 39.1 Å². The summed E-state index contributed by atoms with van der Waals surface area (Å²) >= 11 is 11.5. The second-order valence-corrected chi connectivity index (χ2v) is 9.90. The van der Waals surface area contributed by atoms with Crippen LogP contribution in [0.4, 0.5) is 10.5 Å². The standard InChI is InChI=1S/C24H27ClN4O3S/c1-24(2,3)32-23(31)28-11-5-4-6-18(28)17-12-16(25)8-7-15(17)13-29-19-9-10-26-21(19)22(30)27-20(29)14-33/h7-10,12,18,26H,4-6,11,13H2,1-3H3,(H,27,30). The minimum atomic E-state index is -0.577. The molecule has 4 rings (SSSR count). The number of benzene rings is 1. The average molecular weight is 487 g/mol. The van der Waals surface area contributed by atoms with Gasteiger partial charge in [-0.1, -0.05) is 17.7 Å². The summed E-state index contributed by atoms with van der Waals surface area (Å²) in [6, 6.07) is 7.40. The molecule has 7 nitrogen and oxygen atoms in total. The van der Waals surface area contributed by atoms with Gasteiger partial charge in [0.1, 0.15) is 11.3 Å². The SMILES string of the molecule is CC(C)(C)OC(=O)N1CCCCC1c1cc(Cl)ccc1CN1C(=C=S)NC(=O)c2[nH]ccc21. The number of amides is 2. The van der Waals surface area contributed by atoms with E-state index < -0.39 is 5.60 Å². The Labute approximate surface area is 203 Å². The van der Waals surface area contributed by atoms with Gasteiger partial charge in [0.05, 0.1) is 18.3 Å². The zero-order valence-corrected chi connectivity index (χ0v) is 20.5. The predicted molar refractivity (Wildman–Crippen MR) is 132 cm³/mol. The Morgan fingerprint density at radius 3 is 2.82 bits per heavy atom. The molecule has 1 atom stereocenters. The zero-order chi connectivity index (χ0) is 23.8. The number of hydrogen-bond donors (Lipinski definition) is 2. The van der Waals surface area contributed by atoms with E-state index in [4.69, 9.17) is 28.6 Å². The van der Waals surface area contributed by atoms with Crippen LogP contribution in [0.15, 0.2) is 36.3 Å². The van der Waals surface area contributed by atoms with Crippen molar-refractivity contribution in [2.24, 2.45) is 0 Å². The first kappa shape index (κ1) is 23.4. The quantitative estimate of drug-likeness (QED) is 0.574. The van der Waals surface area contributed by atoms with Crippen molar-refractivity contribution in [3.05, 3.63) is 58.1 Å². The fourth-order valence-electron chi connectivity index (χ4n) is 4.36. The van der Waals surface area contributed by atoms with Gasteiger partial charge in [-0.05, 0) is 86.6 Å². The van der Waals surface area contributed by atoms with Crippen molar-refractivity contribution in [1.29, 1.82) is 0 Å². The number of fused-ring (bicyclic) bond motifs is 1. The van der Waals surface area contributed by atoms with Crippen LogP contribution in [-0.2, 0) is 11.3 Å². The number of anilines is 1. The summed E-state index contributed by atoms with van der Waals surface area (Å²) in [5.74, 6) is 0.161. The van der Waals surface area contributed by atoms with E-state index in [0.717, 1.165) is 36.1 Å². The number of nitrogens with one attached hydrogen (secondary N) is 2. The molecule has 0 aliphatic carbocycles. The molecule has 0 bridgehead atoms. The largest absolute Gasteiger partial charge is 0.444 e. The van der Waals surface area contributed by atoms with Crippen molar-refractivity contribution in [2.75, 3.05) is 11.4 Å². The molecule has 3 heterocycles. The molecule has 0 spiro atoms. The van der Waals surface area contributed by atoms with Crippen molar-refractivity contribution in [3.8, 4) is 0 Å². The van der Waals surface area contributed by atoms with E-state index in [1.165, 1.54) is 0 Å². The van der Waals surface area contributed by atoms with Gasteiger partial charge in [0.15, 0.2) is 5.82 Å². The van der Waals surface area contributed by atoms with Crippen LogP contribution in [0, 0.1) is 0 Å². The Bertz CT molecular complexity index is 1130. The van der Waals surface area contributed by atoms with Crippen LogP contribution in [0.2, 0.25) is 5.02 Å². The van der Waals surface area contributed by atoms with Gasteiger partial charge in [0.25, 0.3) is 5.91 Å². The van der Waals surface area contributed by atoms with Crippen LogP contribution in [0.5, 0.6) is 0 Å². The van der Waals surface area contributed by atoms with Gasteiger partial charge in [-0.25, -0.2) is 4.79 Å². The fourth-order valence-corrected chi connectivity index (χ4v) is 4.70. The maximum Gasteiger partial charge on any atom is 0.410 e. The molecule has 1 fully saturated rings. The molecule has 2 aliphatic heterocycles. The summed E-state index contributed by atoms with van der Waals surface area (Å²) in [6.07, 6.45) is 4.14. The van der Waals surface area contributed by atoms with Crippen LogP contribution >= 0.6 is 23.8 Å². The first-order valence-corrected chi connectivity index (χ1v) is 11.8. The summed E-state index contributed by atoms with van der Waals surface area (Å²) in [4.78, 5) is 32.1. The van der Waals surface area contributed by atoms with Crippen LogP contribution in [0.3, 0.4) is 0 Å². The average Bonchev–Trinajstić information content (AvgIpc) is 3.26. The lowest BCUT2D eigenvalue weighted by atomic mass is 9.91. The van der Waals surface area contributed by atoms with E-state index in [2.05, 4.69) is 15.3 Å². The molecule has 1 aromatic carbocycles. The number of carbonyl (C=O) groups excluding carboxylic acids is 2. The third-order valence-corrected chi connectivity index (χ3v) is 6.20. The smallest absolute Gasteiger partial charge is 0.410 e. The Balaban J connectivity index is 1.71. The number of likely N-dealkylation sites (tertiary alicyclic amines) is 1. The molecular weight excluding hydrogens is 460 g/mol. The second-order valence-electron chi connectivity index (χ2n) is 9.26. The number of hydrogen-bond acceptors (Lipinski definition) is 5. The van der Waals surface area contributed by atoms with Crippen LogP contribution in [0.25, 0.3) is 0 Å². The van der Waals surface area contributed by atoms with Crippen molar-refractivity contribution in [1.82, 2.24) is 15.2 Å². The van der Waals surface area contributed by atoms with Crippen LogP contribution in [0.1, 0.15) is 67.7 Å². The summed E-state index contributed by atoms with van der Waals surface area (Å²) in [5, 5.41) is 6.06. The molecule has 2 N–H and O–H groups in total. The lowest BCUT2D eigenvalue weighted by molar-refractivity contribution is 0.00941. The second kappa shape index (κ2) is 9.21. The molecule has 0 radical (unpaired) electrons. The third kappa shape index (κ3) is 4.93.